The molecule has 2 aromatic rings. The summed E-state index contributed by atoms with van der Waals surface area (Å²) in [4.78, 5) is 15.3. The van der Waals surface area contributed by atoms with Crippen LogP contribution in [-0.4, -0.2) is 50.7 Å². The molecule has 0 aromatic heterocycles. The number of unbranched alkanes of at least 4 members (excludes halogenated alkanes) is 1. The van der Waals surface area contributed by atoms with E-state index < -0.39 is 10.0 Å². The highest BCUT2D eigenvalue weighted by molar-refractivity contribution is 7.90. The van der Waals surface area contributed by atoms with Crippen LogP contribution in [0.15, 0.2) is 57.8 Å². The topological polar surface area (TPSA) is 90.9 Å². The van der Waals surface area contributed by atoms with Crippen molar-refractivity contribution in [1.82, 2.24) is 10.2 Å². The second kappa shape index (κ2) is 9.20. The van der Waals surface area contributed by atoms with Gasteiger partial charge < -0.3 is 15.5 Å². The van der Waals surface area contributed by atoms with Gasteiger partial charge in [-0.3, -0.25) is 4.79 Å². The predicted molar refractivity (Wildman–Crippen MR) is 122 cm³/mol. The average Bonchev–Trinajstić information content (AvgIpc) is 3.04. The van der Waals surface area contributed by atoms with Crippen molar-refractivity contribution >= 4 is 27.5 Å². The van der Waals surface area contributed by atoms with Gasteiger partial charge in [-0.05, 0) is 62.2 Å². The number of carbonyl (C=O) groups excluding carboxylic acids is 1. The minimum atomic E-state index is -3.66. The van der Waals surface area contributed by atoms with Crippen LogP contribution in [-0.2, 0) is 10.0 Å². The van der Waals surface area contributed by atoms with Crippen LogP contribution in [0.3, 0.4) is 0 Å². The van der Waals surface area contributed by atoms with Gasteiger partial charge in [0.25, 0.3) is 15.9 Å². The van der Waals surface area contributed by atoms with Crippen LogP contribution in [0.1, 0.15) is 48.5 Å². The number of anilines is 1. The second-order valence-corrected chi connectivity index (χ2v) is 9.63. The Morgan fingerprint density at radius 2 is 1.81 bits per heavy atom. The van der Waals surface area contributed by atoms with Gasteiger partial charge in [0.15, 0.2) is 5.84 Å². The fourth-order valence-corrected chi connectivity index (χ4v) is 5.16. The largest absolute Gasteiger partial charge is 0.349 e. The number of carbonyl (C=O) groups is 1. The van der Waals surface area contributed by atoms with Crippen molar-refractivity contribution in [2.45, 2.75) is 43.5 Å². The highest BCUT2D eigenvalue weighted by atomic mass is 32.2. The maximum atomic E-state index is 12.6. The van der Waals surface area contributed by atoms with E-state index in [0.29, 0.717) is 22.6 Å². The van der Waals surface area contributed by atoms with Crippen molar-refractivity contribution < 1.29 is 13.2 Å². The molecule has 4 rings (SSSR count). The molecule has 31 heavy (non-hydrogen) atoms. The Bertz CT molecular complexity index is 1070. The fourth-order valence-electron chi connectivity index (χ4n) is 3.99. The average molecular weight is 441 g/mol. The number of rotatable bonds is 6. The fraction of sp³-hybridized carbons (Fsp3) is 0.391. The third-order valence-electron chi connectivity index (χ3n) is 5.79. The summed E-state index contributed by atoms with van der Waals surface area (Å²) in [5, 5.41) is 6.19. The minimum Gasteiger partial charge on any atom is -0.349 e. The van der Waals surface area contributed by atoms with Gasteiger partial charge in [0.1, 0.15) is 4.90 Å². The molecule has 7 nitrogen and oxygen atoms in total. The molecular weight excluding hydrogens is 412 g/mol. The number of sulfonamides is 1. The summed E-state index contributed by atoms with van der Waals surface area (Å²) in [5.74, 6) is 0.215. The van der Waals surface area contributed by atoms with E-state index in [-0.39, 0.29) is 16.8 Å². The summed E-state index contributed by atoms with van der Waals surface area (Å²) in [6, 6.07) is 13.9. The van der Waals surface area contributed by atoms with Gasteiger partial charge in [-0.1, -0.05) is 25.5 Å². The van der Waals surface area contributed by atoms with Gasteiger partial charge in [0.05, 0.1) is 0 Å². The van der Waals surface area contributed by atoms with Crippen molar-refractivity contribution in [3.05, 3.63) is 59.7 Å². The molecule has 0 aliphatic carbocycles. The number of amides is 1. The number of nitrogens with one attached hydrogen (secondary N) is 2. The van der Waals surface area contributed by atoms with Crippen molar-refractivity contribution in [2.24, 2.45) is 4.40 Å². The zero-order valence-electron chi connectivity index (χ0n) is 17.7. The molecule has 1 amide bonds. The lowest BCUT2D eigenvalue weighted by molar-refractivity contribution is 0.0911. The van der Waals surface area contributed by atoms with Crippen molar-refractivity contribution in [3.63, 3.8) is 0 Å². The second-order valence-electron chi connectivity index (χ2n) is 8.06. The summed E-state index contributed by atoms with van der Waals surface area (Å²) < 4.78 is 28.2. The highest BCUT2D eigenvalue weighted by Crippen LogP contribution is 2.26. The smallest absolute Gasteiger partial charge is 0.285 e. The Labute approximate surface area is 183 Å². The van der Waals surface area contributed by atoms with Crippen LogP contribution >= 0.6 is 0 Å². The first kappa shape index (κ1) is 21.5. The van der Waals surface area contributed by atoms with Crippen LogP contribution in [0.2, 0.25) is 0 Å². The van der Waals surface area contributed by atoms with Gasteiger partial charge >= 0.3 is 0 Å². The van der Waals surface area contributed by atoms with Crippen molar-refractivity contribution in [1.29, 1.82) is 0 Å². The summed E-state index contributed by atoms with van der Waals surface area (Å²) in [6.45, 7) is 5.40. The summed E-state index contributed by atoms with van der Waals surface area (Å²) >= 11 is 0. The van der Waals surface area contributed by atoms with E-state index in [0.717, 1.165) is 32.5 Å². The van der Waals surface area contributed by atoms with Gasteiger partial charge in [0, 0.05) is 35.9 Å². The first-order valence-corrected chi connectivity index (χ1v) is 12.2. The molecule has 0 bridgehead atoms. The van der Waals surface area contributed by atoms with E-state index in [4.69, 9.17) is 0 Å². The van der Waals surface area contributed by atoms with E-state index in [1.807, 2.05) is 0 Å². The molecule has 0 radical (unpaired) electrons. The number of fused-ring (bicyclic) bond motifs is 1. The number of amidine groups is 1. The lowest BCUT2D eigenvalue weighted by atomic mass is 10.0. The minimum absolute atomic E-state index is 0.0790. The predicted octanol–water partition coefficient (Wildman–Crippen LogP) is 3.24. The van der Waals surface area contributed by atoms with Gasteiger partial charge in [-0.15, -0.1) is 4.40 Å². The Hall–Kier alpha value is -2.71. The van der Waals surface area contributed by atoms with Crippen LogP contribution < -0.4 is 10.6 Å². The SMILES string of the molecule is CCCCN1CCC(NC(=O)c2ccc(NC3=NS(=O)(=O)c4ccccc43)cc2)CC1. The third-order valence-corrected chi connectivity index (χ3v) is 7.13. The maximum Gasteiger partial charge on any atom is 0.285 e. The lowest BCUT2D eigenvalue weighted by Gasteiger charge is -2.32. The van der Waals surface area contributed by atoms with Crippen LogP contribution in [0.4, 0.5) is 5.69 Å². The standard InChI is InChI=1S/C23H28N4O3S/c1-2-3-14-27-15-12-19(13-16-27)25-23(28)17-8-10-18(11-9-17)24-22-20-6-4-5-7-21(20)31(29,30)26-22/h4-11,19H,2-3,12-16H2,1H3,(H,24,26)(H,25,28). The Kier molecular flexibility index (Phi) is 6.38. The number of likely N-dealkylation sites (tertiary alicyclic amines) is 1. The van der Waals surface area contributed by atoms with Crippen LogP contribution in [0.5, 0.6) is 0 Å². The zero-order valence-corrected chi connectivity index (χ0v) is 18.5. The number of benzene rings is 2. The van der Waals surface area contributed by atoms with E-state index in [9.17, 15) is 13.2 Å². The molecule has 2 N–H and O–H groups in total. The van der Waals surface area contributed by atoms with E-state index in [1.54, 1.807) is 48.5 Å². The van der Waals surface area contributed by atoms with Crippen molar-refractivity contribution in [3.8, 4) is 0 Å². The van der Waals surface area contributed by atoms with Crippen molar-refractivity contribution in [2.75, 3.05) is 25.0 Å². The highest BCUT2D eigenvalue weighted by Gasteiger charge is 2.28. The number of hydrogen-bond donors (Lipinski definition) is 2. The Morgan fingerprint density at radius 1 is 1.10 bits per heavy atom. The maximum absolute atomic E-state index is 12.6. The molecule has 0 spiro atoms. The molecule has 1 fully saturated rings. The van der Waals surface area contributed by atoms with Gasteiger partial charge in [-0.25, -0.2) is 0 Å². The Morgan fingerprint density at radius 3 is 2.52 bits per heavy atom. The van der Waals surface area contributed by atoms with Crippen LogP contribution in [0, 0.1) is 0 Å². The van der Waals surface area contributed by atoms with Gasteiger partial charge in [-0.2, -0.15) is 8.42 Å². The molecule has 0 saturated carbocycles. The summed E-state index contributed by atoms with van der Waals surface area (Å²) in [5.41, 5.74) is 1.81. The molecule has 0 atom stereocenters. The van der Waals surface area contributed by atoms with E-state index in [1.165, 1.54) is 12.8 Å². The number of nitrogens with zero attached hydrogens (tertiary/aromatic N) is 2. The van der Waals surface area contributed by atoms with E-state index >= 15 is 0 Å². The summed E-state index contributed by atoms with van der Waals surface area (Å²) in [6.07, 6.45) is 4.38. The molecule has 2 aliphatic rings. The normalized spacial score (nSPS) is 18.3. The zero-order chi connectivity index (χ0) is 21.8. The molecular formula is C23H28N4O3S. The molecule has 1 saturated heterocycles. The Balaban J connectivity index is 1.34. The third kappa shape index (κ3) is 4.97. The molecule has 2 aromatic carbocycles. The van der Waals surface area contributed by atoms with Crippen LogP contribution in [0.25, 0.3) is 0 Å². The molecule has 2 aliphatic heterocycles. The first-order chi connectivity index (χ1) is 15.0. The monoisotopic (exact) mass is 440 g/mol. The molecule has 2 heterocycles. The number of hydrogen-bond acceptors (Lipinski definition) is 5. The number of piperidine rings is 1. The lowest BCUT2D eigenvalue weighted by Crippen LogP contribution is -2.44. The summed E-state index contributed by atoms with van der Waals surface area (Å²) in [7, 11) is -3.66. The molecule has 164 valence electrons. The first-order valence-electron chi connectivity index (χ1n) is 10.8. The van der Waals surface area contributed by atoms with Gasteiger partial charge in [0.2, 0.25) is 0 Å². The van der Waals surface area contributed by atoms with E-state index in [2.05, 4.69) is 26.9 Å². The molecule has 8 heteroatoms. The quantitative estimate of drug-likeness (QED) is 0.720. The molecule has 0 unspecified atom stereocenters.